The molecule has 80 valence electrons. The maximum Gasteiger partial charge on any atom is 0.150 e. The first-order valence-electron chi connectivity index (χ1n) is 4.77. The van der Waals surface area contributed by atoms with Crippen LogP contribution in [0, 0.1) is 5.92 Å². The van der Waals surface area contributed by atoms with Gasteiger partial charge in [-0.05, 0) is 18.9 Å². The molecule has 0 aliphatic heterocycles. The van der Waals surface area contributed by atoms with Crippen molar-refractivity contribution in [3.8, 4) is 0 Å². The molecule has 0 radical (unpaired) electrons. The van der Waals surface area contributed by atoms with E-state index in [2.05, 4.69) is 0 Å². The molecule has 1 aliphatic carbocycles. The molecule has 1 aliphatic rings. The van der Waals surface area contributed by atoms with E-state index in [-0.39, 0.29) is 28.0 Å². The highest BCUT2D eigenvalue weighted by molar-refractivity contribution is 8.04. The Labute approximate surface area is 93.6 Å². The smallest absolute Gasteiger partial charge is 0.150 e. The molecule has 1 saturated carbocycles. The van der Waals surface area contributed by atoms with Crippen LogP contribution in [0.5, 0.6) is 0 Å². The van der Waals surface area contributed by atoms with Crippen molar-refractivity contribution in [1.82, 2.24) is 0 Å². The van der Waals surface area contributed by atoms with E-state index in [1.807, 2.05) is 19.4 Å². The molecule has 0 saturated heterocycles. The zero-order chi connectivity index (χ0) is 10.7. The van der Waals surface area contributed by atoms with Crippen molar-refractivity contribution in [2.24, 2.45) is 5.92 Å². The van der Waals surface area contributed by atoms with Gasteiger partial charge in [-0.15, -0.1) is 0 Å². The predicted molar refractivity (Wildman–Crippen MR) is 63.0 cm³/mol. The van der Waals surface area contributed by atoms with Gasteiger partial charge >= 0.3 is 0 Å². The van der Waals surface area contributed by atoms with E-state index in [4.69, 9.17) is 0 Å². The zero-order valence-electron chi connectivity index (χ0n) is 8.78. The summed E-state index contributed by atoms with van der Waals surface area (Å²) in [4.78, 5) is 23.6. The lowest BCUT2D eigenvalue weighted by molar-refractivity contribution is -0.131. The molecular formula is C10H16O2S2. The van der Waals surface area contributed by atoms with E-state index >= 15 is 0 Å². The molecule has 0 aromatic heterocycles. The van der Waals surface area contributed by atoms with Gasteiger partial charge in [0.05, 0.1) is 10.5 Å². The molecular weight excluding hydrogens is 216 g/mol. The first-order chi connectivity index (χ1) is 6.65. The van der Waals surface area contributed by atoms with Crippen molar-refractivity contribution in [1.29, 1.82) is 0 Å². The number of hydrogen-bond donors (Lipinski definition) is 0. The summed E-state index contributed by atoms with van der Waals surface area (Å²) in [6.45, 7) is 1.98. The fraction of sp³-hybridized carbons (Fsp3) is 0.800. The molecule has 0 heterocycles. The summed E-state index contributed by atoms with van der Waals surface area (Å²) in [5.74, 6) is 0.505. The summed E-state index contributed by atoms with van der Waals surface area (Å²) in [5, 5.41) is -0.225. The first-order valence-corrected chi connectivity index (χ1v) is 7.35. The zero-order valence-corrected chi connectivity index (χ0v) is 10.4. The number of carbonyl (C=O) groups is 2. The van der Waals surface area contributed by atoms with Crippen molar-refractivity contribution in [2.75, 3.05) is 12.5 Å². The van der Waals surface area contributed by atoms with Crippen LogP contribution in [0.1, 0.15) is 19.8 Å². The minimum absolute atomic E-state index is 0.0247. The van der Waals surface area contributed by atoms with Crippen LogP contribution >= 0.6 is 23.5 Å². The molecule has 0 spiro atoms. The second-order valence-electron chi connectivity index (χ2n) is 3.49. The fourth-order valence-electron chi connectivity index (χ4n) is 1.85. The van der Waals surface area contributed by atoms with Crippen LogP contribution in [-0.4, -0.2) is 34.6 Å². The second-order valence-corrected chi connectivity index (χ2v) is 5.45. The van der Waals surface area contributed by atoms with E-state index < -0.39 is 0 Å². The maximum atomic E-state index is 11.9. The predicted octanol–water partition coefficient (Wildman–Crippen LogP) is 2.02. The van der Waals surface area contributed by atoms with Crippen LogP contribution < -0.4 is 0 Å². The van der Waals surface area contributed by atoms with Crippen molar-refractivity contribution in [2.45, 2.75) is 30.3 Å². The van der Waals surface area contributed by atoms with Crippen LogP contribution in [0.15, 0.2) is 0 Å². The molecule has 0 N–H and O–H groups in total. The molecule has 0 aromatic rings. The van der Waals surface area contributed by atoms with Gasteiger partial charge < -0.3 is 0 Å². The average molecular weight is 232 g/mol. The largest absolute Gasteiger partial charge is 0.298 e. The third kappa shape index (κ3) is 2.16. The molecule has 14 heavy (non-hydrogen) atoms. The summed E-state index contributed by atoms with van der Waals surface area (Å²) < 4.78 is 0. The maximum absolute atomic E-state index is 11.9. The highest BCUT2D eigenvalue weighted by Gasteiger charge is 2.41. The first kappa shape index (κ1) is 12.1. The minimum Gasteiger partial charge on any atom is -0.298 e. The van der Waals surface area contributed by atoms with Gasteiger partial charge in [-0.25, -0.2) is 0 Å². The Morgan fingerprint density at radius 2 is 1.79 bits per heavy atom. The molecule has 0 aromatic carbocycles. The molecule has 3 atom stereocenters. The van der Waals surface area contributed by atoms with Gasteiger partial charge in [-0.1, -0.05) is 6.92 Å². The topological polar surface area (TPSA) is 34.1 Å². The standard InChI is InChI=1S/C10H16O2S2/c1-4-6-5-7(11)9(13-2)10(14-3)8(6)12/h6,9-10H,4-5H2,1-3H3/t6-,9?,10?/m0/s1. The van der Waals surface area contributed by atoms with Crippen LogP contribution in [0.2, 0.25) is 0 Å². The van der Waals surface area contributed by atoms with Gasteiger partial charge in [0.15, 0.2) is 5.78 Å². The quantitative estimate of drug-likeness (QED) is 0.745. The number of rotatable bonds is 3. The van der Waals surface area contributed by atoms with Crippen LogP contribution in [0.3, 0.4) is 0 Å². The van der Waals surface area contributed by atoms with Crippen LogP contribution in [0.25, 0.3) is 0 Å². The van der Waals surface area contributed by atoms with Crippen molar-refractivity contribution < 1.29 is 9.59 Å². The molecule has 0 bridgehead atoms. The number of carbonyl (C=O) groups excluding carboxylic acids is 2. The van der Waals surface area contributed by atoms with Gasteiger partial charge in [0.25, 0.3) is 0 Å². The molecule has 2 unspecified atom stereocenters. The Morgan fingerprint density at radius 1 is 1.21 bits per heavy atom. The third-order valence-corrected chi connectivity index (χ3v) is 4.95. The molecule has 1 rings (SSSR count). The molecule has 2 nitrogen and oxygen atoms in total. The summed E-state index contributed by atoms with van der Waals surface area (Å²) >= 11 is 3.03. The summed E-state index contributed by atoms with van der Waals surface area (Å²) in [5.41, 5.74) is 0. The highest BCUT2D eigenvalue weighted by Crippen LogP contribution is 2.33. The number of thioether (sulfide) groups is 2. The van der Waals surface area contributed by atoms with Gasteiger partial charge in [-0.2, -0.15) is 23.5 Å². The van der Waals surface area contributed by atoms with E-state index in [0.717, 1.165) is 6.42 Å². The Balaban J connectivity index is 2.84. The molecule has 4 heteroatoms. The monoisotopic (exact) mass is 232 g/mol. The highest BCUT2D eigenvalue weighted by atomic mass is 32.2. The van der Waals surface area contributed by atoms with Crippen LogP contribution in [0.4, 0.5) is 0 Å². The average Bonchev–Trinajstić information content (AvgIpc) is 2.20. The summed E-state index contributed by atoms with van der Waals surface area (Å²) in [6.07, 6.45) is 5.07. The Morgan fingerprint density at radius 3 is 2.21 bits per heavy atom. The van der Waals surface area contributed by atoms with Crippen molar-refractivity contribution in [3.05, 3.63) is 0 Å². The number of Topliss-reactive ketones (excluding diaryl/α,β-unsaturated/α-hetero) is 2. The second kappa shape index (κ2) is 5.21. The normalized spacial score (nSPS) is 33.5. The molecule has 0 amide bonds. The van der Waals surface area contributed by atoms with Crippen molar-refractivity contribution >= 4 is 35.1 Å². The minimum atomic E-state index is -0.115. The number of hydrogen-bond acceptors (Lipinski definition) is 4. The van der Waals surface area contributed by atoms with Gasteiger partial charge in [0.2, 0.25) is 0 Å². The SMILES string of the molecule is CC[C@H]1CC(=O)C(SC)C(SC)C1=O. The lowest BCUT2D eigenvalue weighted by atomic mass is 9.84. The Bertz CT molecular complexity index is 240. The van der Waals surface area contributed by atoms with Crippen molar-refractivity contribution in [3.63, 3.8) is 0 Å². The molecule has 1 fully saturated rings. The van der Waals surface area contributed by atoms with Crippen LogP contribution in [-0.2, 0) is 9.59 Å². The number of ketones is 2. The van der Waals surface area contributed by atoms with Gasteiger partial charge in [0.1, 0.15) is 5.78 Å². The lowest BCUT2D eigenvalue weighted by Crippen LogP contribution is -2.45. The van der Waals surface area contributed by atoms with E-state index in [9.17, 15) is 9.59 Å². The van der Waals surface area contributed by atoms with E-state index in [0.29, 0.717) is 6.42 Å². The summed E-state index contributed by atoms with van der Waals surface area (Å²) in [6, 6.07) is 0. The fourth-order valence-corrected chi connectivity index (χ4v) is 4.08. The third-order valence-electron chi connectivity index (χ3n) is 2.72. The van der Waals surface area contributed by atoms with Gasteiger partial charge in [0, 0.05) is 12.3 Å². The Kier molecular flexibility index (Phi) is 4.51. The van der Waals surface area contributed by atoms with E-state index in [1.165, 1.54) is 23.5 Å². The lowest BCUT2D eigenvalue weighted by Gasteiger charge is -2.31. The summed E-state index contributed by atoms with van der Waals surface area (Å²) in [7, 11) is 0. The van der Waals surface area contributed by atoms with Gasteiger partial charge in [-0.3, -0.25) is 9.59 Å². The van der Waals surface area contributed by atoms with E-state index in [1.54, 1.807) is 0 Å². The Hall–Kier alpha value is 0.0400.